The Bertz CT molecular complexity index is 2030. The number of anilines is 1. The van der Waals surface area contributed by atoms with Crippen LogP contribution < -0.4 is 16.0 Å². The molecule has 284 valence electrons. The van der Waals surface area contributed by atoms with E-state index in [0.717, 1.165) is 40.1 Å². The lowest BCUT2D eigenvalue weighted by Crippen LogP contribution is -2.50. The molecule has 0 fully saturated rings. The lowest BCUT2D eigenvalue weighted by molar-refractivity contribution is -0.138. The molecule has 56 heavy (non-hydrogen) atoms. The van der Waals surface area contributed by atoms with Gasteiger partial charge in [-0.05, 0) is 58.4 Å². The van der Waals surface area contributed by atoms with Crippen molar-refractivity contribution >= 4 is 35.4 Å². The average Bonchev–Trinajstić information content (AvgIpc) is 3.25. The Labute approximate surface area is 332 Å². The number of nitrogens with zero attached hydrogens (tertiary/aromatic N) is 1. The van der Waals surface area contributed by atoms with E-state index in [2.05, 4.69) is 57.3 Å². The summed E-state index contributed by atoms with van der Waals surface area (Å²) >= 11 is 1.56. The predicted molar refractivity (Wildman–Crippen MR) is 225 cm³/mol. The second-order valence-corrected chi connectivity index (χ2v) is 14.7. The van der Waals surface area contributed by atoms with Crippen molar-refractivity contribution in [2.75, 3.05) is 17.6 Å². The van der Waals surface area contributed by atoms with Crippen LogP contribution in [0.25, 0.3) is 11.1 Å². The summed E-state index contributed by atoms with van der Waals surface area (Å²) in [5.41, 5.74) is 5.74. The predicted octanol–water partition coefficient (Wildman–Crippen LogP) is 8.87. The number of hydrogen-bond acceptors (Lipinski definition) is 6. The molecule has 5 aromatic carbocycles. The van der Waals surface area contributed by atoms with Crippen LogP contribution in [0, 0.1) is 0 Å². The monoisotopic (exact) mass is 762 g/mol. The lowest BCUT2D eigenvalue weighted by atomic mass is 9.84. The van der Waals surface area contributed by atoms with Crippen molar-refractivity contribution in [3.63, 3.8) is 0 Å². The highest BCUT2D eigenvalue weighted by molar-refractivity contribution is 8.00. The molecule has 2 atom stereocenters. The smallest absolute Gasteiger partial charge is 0.305 e. The first-order valence-electron chi connectivity index (χ1n) is 18.8. The van der Waals surface area contributed by atoms with E-state index < -0.39 is 28.7 Å². The molecule has 4 N–H and O–H groups in total. The van der Waals surface area contributed by atoms with Crippen LogP contribution in [0.5, 0.6) is 0 Å². The fourth-order valence-corrected chi connectivity index (χ4v) is 8.32. The number of carboxylic acid groups (broad SMARTS) is 1. The van der Waals surface area contributed by atoms with Crippen molar-refractivity contribution in [2.45, 2.75) is 42.5 Å². The maximum Gasteiger partial charge on any atom is 0.305 e. The van der Waals surface area contributed by atoms with Crippen molar-refractivity contribution in [1.29, 1.82) is 0 Å². The summed E-state index contributed by atoms with van der Waals surface area (Å²) in [7, 11) is 0. The molecule has 0 aliphatic heterocycles. The Kier molecular flexibility index (Phi) is 14.1. The molecule has 0 saturated heterocycles. The Morgan fingerprint density at radius 3 is 1.70 bits per heavy atom. The number of carboxylic acids is 1. The van der Waals surface area contributed by atoms with Crippen LogP contribution in [-0.2, 0) is 19.1 Å². The maximum absolute atomic E-state index is 14.4. The van der Waals surface area contributed by atoms with Crippen molar-refractivity contribution in [1.82, 2.24) is 15.6 Å². The molecule has 0 aliphatic carbocycles. The van der Waals surface area contributed by atoms with E-state index in [-0.39, 0.29) is 24.5 Å². The summed E-state index contributed by atoms with van der Waals surface area (Å²) in [6.45, 7) is 0.651. The first-order chi connectivity index (χ1) is 27.4. The van der Waals surface area contributed by atoms with Crippen molar-refractivity contribution in [3.05, 3.63) is 192 Å². The van der Waals surface area contributed by atoms with Gasteiger partial charge >= 0.3 is 5.97 Å². The number of aliphatic carboxylic acids is 1. The SMILES string of the molecule is O=C(O)CC(NC(=O)[C@H](CSC(c1ccccc1)(c1ccccc1)c1ccccc1)NC(=O)CCCCNc1ccccn1)c1ccc(-c2ccccc2)cc1. The van der Waals surface area contributed by atoms with Crippen LogP contribution in [-0.4, -0.2) is 46.2 Å². The van der Waals surface area contributed by atoms with Gasteiger partial charge in [0.25, 0.3) is 0 Å². The molecular formula is C47H46N4O4S. The minimum Gasteiger partial charge on any atom is -0.481 e. The molecule has 2 amide bonds. The summed E-state index contributed by atoms with van der Waals surface area (Å²) in [6, 6.07) is 51.8. The first kappa shape index (κ1) is 39.5. The molecule has 6 aromatic rings. The quantitative estimate of drug-likeness (QED) is 0.0481. The number of rotatable bonds is 19. The fourth-order valence-electron chi connectivity index (χ4n) is 6.76. The molecule has 0 spiro atoms. The highest BCUT2D eigenvalue weighted by Crippen LogP contribution is 2.48. The van der Waals surface area contributed by atoms with E-state index in [0.29, 0.717) is 18.5 Å². The Morgan fingerprint density at radius 1 is 0.625 bits per heavy atom. The molecule has 0 radical (unpaired) electrons. The first-order valence-corrected chi connectivity index (χ1v) is 19.8. The molecule has 1 unspecified atom stereocenters. The van der Waals surface area contributed by atoms with Gasteiger partial charge in [0.1, 0.15) is 11.9 Å². The van der Waals surface area contributed by atoms with E-state index in [1.165, 1.54) is 0 Å². The molecule has 0 aliphatic rings. The minimum absolute atomic E-state index is 0.199. The summed E-state index contributed by atoms with van der Waals surface area (Å²) < 4.78 is -0.738. The van der Waals surface area contributed by atoms with Gasteiger partial charge in [0, 0.05) is 24.9 Å². The van der Waals surface area contributed by atoms with Crippen LogP contribution in [0.15, 0.2) is 170 Å². The Balaban J connectivity index is 1.27. The topological polar surface area (TPSA) is 120 Å². The number of unbranched alkanes of at least 4 members (excludes halogenated alkanes) is 1. The third-order valence-corrected chi connectivity index (χ3v) is 11.2. The third-order valence-electron chi connectivity index (χ3n) is 9.58. The van der Waals surface area contributed by atoms with E-state index in [9.17, 15) is 19.5 Å². The zero-order valence-electron chi connectivity index (χ0n) is 31.1. The highest BCUT2D eigenvalue weighted by Gasteiger charge is 2.39. The normalized spacial score (nSPS) is 12.2. The van der Waals surface area contributed by atoms with Gasteiger partial charge in [-0.3, -0.25) is 14.4 Å². The summed E-state index contributed by atoms with van der Waals surface area (Å²) in [4.78, 5) is 44.5. The average molecular weight is 763 g/mol. The molecule has 0 saturated carbocycles. The van der Waals surface area contributed by atoms with Crippen LogP contribution in [0.3, 0.4) is 0 Å². The number of nitrogens with one attached hydrogen (secondary N) is 3. The van der Waals surface area contributed by atoms with Gasteiger partial charge in [-0.25, -0.2) is 4.98 Å². The van der Waals surface area contributed by atoms with Gasteiger partial charge in [-0.2, -0.15) is 0 Å². The number of benzene rings is 5. The van der Waals surface area contributed by atoms with Gasteiger partial charge < -0.3 is 21.1 Å². The molecule has 1 heterocycles. The van der Waals surface area contributed by atoms with Crippen molar-refractivity contribution in [2.24, 2.45) is 0 Å². The number of carbonyl (C=O) groups excluding carboxylic acids is 2. The lowest BCUT2D eigenvalue weighted by Gasteiger charge is -2.36. The van der Waals surface area contributed by atoms with E-state index in [1.54, 1.807) is 18.0 Å². The number of aromatic nitrogens is 1. The van der Waals surface area contributed by atoms with Crippen molar-refractivity contribution < 1.29 is 19.5 Å². The second kappa shape index (κ2) is 19.9. The van der Waals surface area contributed by atoms with Gasteiger partial charge in [0.15, 0.2) is 0 Å². The highest BCUT2D eigenvalue weighted by atomic mass is 32.2. The standard InChI is InChI=1S/C47H46N4O4S/c52-44(26-14-16-32-49-43-25-13-15-31-48-43)50-42(46(55)51-41(33-45(53)54)37-29-27-36(28-30-37)35-17-5-1-6-18-35)34-56-47(38-19-7-2-8-20-38,39-21-9-3-10-22-39)40-23-11-4-12-24-40/h1-13,15,17-25,27-31,41-42H,14,16,26,32-34H2,(H,48,49)(H,50,52)(H,51,55)(H,53,54)/t41?,42-/m0/s1. The molecular weight excluding hydrogens is 717 g/mol. The van der Waals surface area contributed by atoms with Crippen LogP contribution in [0.4, 0.5) is 5.82 Å². The van der Waals surface area contributed by atoms with Gasteiger partial charge in [0.05, 0.1) is 17.2 Å². The van der Waals surface area contributed by atoms with Crippen LogP contribution >= 0.6 is 11.8 Å². The van der Waals surface area contributed by atoms with Crippen LogP contribution in [0.2, 0.25) is 0 Å². The Morgan fingerprint density at radius 2 is 1.16 bits per heavy atom. The van der Waals surface area contributed by atoms with Crippen LogP contribution in [0.1, 0.15) is 54.0 Å². The van der Waals surface area contributed by atoms with Gasteiger partial charge in [-0.1, -0.05) is 152 Å². The Hall–Kier alpha value is -6.19. The maximum atomic E-state index is 14.4. The molecule has 0 bridgehead atoms. The zero-order chi connectivity index (χ0) is 39.0. The van der Waals surface area contributed by atoms with E-state index in [1.807, 2.05) is 127 Å². The number of pyridine rings is 1. The molecule has 8 nitrogen and oxygen atoms in total. The molecule has 9 heteroatoms. The van der Waals surface area contributed by atoms with Gasteiger partial charge in [0.2, 0.25) is 11.8 Å². The zero-order valence-corrected chi connectivity index (χ0v) is 31.9. The molecule has 1 aromatic heterocycles. The third kappa shape index (κ3) is 10.5. The summed E-state index contributed by atoms with van der Waals surface area (Å²) in [6.07, 6.45) is 2.95. The van der Waals surface area contributed by atoms with E-state index in [4.69, 9.17) is 0 Å². The minimum atomic E-state index is -1.05. The van der Waals surface area contributed by atoms with Crippen molar-refractivity contribution in [3.8, 4) is 11.1 Å². The largest absolute Gasteiger partial charge is 0.481 e. The summed E-state index contributed by atoms with van der Waals surface area (Å²) in [5, 5.41) is 19.3. The number of hydrogen-bond donors (Lipinski definition) is 4. The molecule has 6 rings (SSSR count). The second-order valence-electron chi connectivity index (χ2n) is 13.5. The van der Waals surface area contributed by atoms with Gasteiger partial charge in [-0.15, -0.1) is 11.8 Å². The fraction of sp³-hybridized carbons (Fsp3) is 0.191. The number of amides is 2. The number of thioether (sulfide) groups is 1. The van der Waals surface area contributed by atoms with E-state index >= 15 is 0 Å². The summed E-state index contributed by atoms with van der Waals surface area (Å²) in [5.74, 6) is -0.785. The number of carbonyl (C=O) groups is 3.